The first-order chi connectivity index (χ1) is 27.8. The van der Waals surface area contributed by atoms with Crippen molar-refractivity contribution in [2.24, 2.45) is 0 Å². The maximum absolute atomic E-state index is 7.72. The zero-order valence-electron chi connectivity index (χ0n) is 42.0. The zero-order chi connectivity index (χ0) is 45.6. The molecule has 6 heterocycles. The topological polar surface area (TPSA) is 77.3 Å². The molecule has 6 aromatic rings. The summed E-state index contributed by atoms with van der Waals surface area (Å²) in [4.78, 5) is 21.8. The molecule has 0 aliphatic carbocycles. The van der Waals surface area contributed by atoms with E-state index in [9.17, 15) is 0 Å². The van der Waals surface area contributed by atoms with Gasteiger partial charge >= 0.3 is 0 Å². The van der Waals surface area contributed by atoms with Crippen molar-refractivity contribution in [2.75, 3.05) is 0 Å². The van der Waals surface area contributed by atoms with Gasteiger partial charge in [-0.2, -0.15) is 0 Å². The number of hydrogen-bond donors (Lipinski definition) is 0. The van der Waals surface area contributed by atoms with Crippen LogP contribution in [0, 0.1) is 0 Å². The van der Waals surface area contributed by atoms with E-state index in [0.717, 1.165) is 0 Å². The van der Waals surface area contributed by atoms with E-state index in [1.165, 1.54) is 0 Å². The summed E-state index contributed by atoms with van der Waals surface area (Å²) in [5, 5.41) is 0. The van der Waals surface area contributed by atoms with Gasteiger partial charge in [0.1, 0.15) is 0 Å². The fourth-order valence-electron chi connectivity index (χ4n) is 2.05. The van der Waals surface area contributed by atoms with Crippen LogP contribution in [0.1, 0.15) is 32.9 Å². The number of nitrogens with zero attached hydrogens (tertiary/aromatic N) is 6. The molecule has 0 aromatic carbocycles. The van der Waals surface area contributed by atoms with E-state index < -0.39 is 146 Å². The first-order valence-corrected chi connectivity index (χ1v) is 9.43. The van der Waals surface area contributed by atoms with E-state index in [-0.39, 0.29) is 53.6 Å². The molecule has 0 fully saturated rings. The van der Waals surface area contributed by atoms with E-state index in [1.54, 1.807) is 0 Å². The minimum absolute atomic E-state index is 0. The molecule has 0 aliphatic heterocycles. The molecule has 0 bridgehead atoms. The van der Waals surface area contributed by atoms with Gasteiger partial charge < -0.3 is 0 Å². The molecule has 0 radical (unpaired) electrons. The van der Waals surface area contributed by atoms with E-state index >= 15 is 0 Å². The molecule has 0 aliphatic rings. The molecule has 0 saturated carbocycles. The Kier molecular flexibility index (Phi) is 3.95. The minimum Gasteiger partial charge on any atom is -0.255 e. The van der Waals surface area contributed by atoms with Crippen LogP contribution in [0.3, 0.4) is 0 Å². The third-order valence-corrected chi connectivity index (χ3v) is 3.47. The fourth-order valence-corrected chi connectivity index (χ4v) is 2.05. The van der Waals surface area contributed by atoms with Gasteiger partial charge in [0.05, 0.1) is 67.1 Å². The van der Waals surface area contributed by atoms with E-state index in [0.29, 0.717) is 0 Å². The summed E-state index contributed by atoms with van der Waals surface area (Å²) < 4.78 is 181. The van der Waals surface area contributed by atoms with Crippen LogP contribution in [0.5, 0.6) is 0 Å². The predicted octanol–water partition coefficient (Wildman–Crippen LogP) is 6.43. The molecule has 0 N–H and O–H groups in total. The molecule has 182 valence electrons. The Labute approximate surface area is 263 Å². The molecule has 0 unspecified atom stereocenters. The largest absolute Gasteiger partial charge is 0.255 e. The SMILES string of the molecule is [2H]c1nc(-c2nc([2H])c([2H])c([2H])c2[2H])c([2H])c([2H])c1[2H].[2H]c1nc(-c2nc([2H])c([2H])c([2H])c2[2H])c([2H])c([2H])c1[2H].[2H]c1nc(-c2nc([2H])c([2H])c([2H])c2[2H])c([2H])c([2H])c1[2H].[Ru]. The maximum Gasteiger partial charge on any atom is 0.0886 e. The summed E-state index contributed by atoms with van der Waals surface area (Å²) in [5.41, 5.74) is -1.82. The van der Waals surface area contributed by atoms with Crippen LogP contribution < -0.4 is 0 Å². The van der Waals surface area contributed by atoms with Crippen molar-refractivity contribution in [3.05, 3.63) is 146 Å². The van der Waals surface area contributed by atoms with Gasteiger partial charge in [-0.1, -0.05) is 36.3 Å². The molecule has 6 aromatic heterocycles. The Morgan fingerprint density at radius 3 is 0.622 bits per heavy atom. The summed E-state index contributed by atoms with van der Waals surface area (Å²) in [6.45, 7) is 0. The van der Waals surface area contributed by atoms with Crippen LogP contribution in [-0.4, -0.2) is 29.9 Å². The Morgan fingerprint density at radius 1 is 0.297 bits per heavy atom. The van der Waals surface area contributed by atoms with Crippen molar-refractivity contribution in [1.82, 2.24) is 29.9 Å². The smallest absolute Gasteiger partial charge is 0.0886 e. The number of hydrogen-bond acceptors (Lipinski definition) is 6. The summed E-state index contributed by atoms with van der Waals surface area (Å²) >= 11 is 0. The van der Waals surface area contributed by atoms with Crippen LogP contribution in [0.4, 0.5) is 0 Å². The quantitative estimate of drug-likeness (QED) is 0.220. The Balaban J connectivity index is 0.000000242. The number of rotatable bonds is 3. The first kappa shape index (κ1) is 9.44. The van der Waals surface area contributed by atoms with Gasteiger partial charge in [0.2, 0.25) is 0 Å². The summed E-state index contributed by atoms with van der Waals surface area (Å²) in [6, 6.07) is -9.26. The van der Waals surface area contributed by atoms with Crippen molar-refractivity contribution in [3.8, 4) is 34.2 Å². The van der Waals surface area contributed by atoms with Gasteiger partial charge in [-0.05, 0) is 72.5 Å². The number of pyridine rings is 6. The van der Waals surface area contributed by atoms with Gasteiger partial charge in [0.25, 0.3) is 0 Å². The third-order valence-electron chi connectivity index (χ3n) is 3.47. The normalized spacial score (nSPS) is 18.5. The molecule has 0 atom stereocenters. The van der Waals surface area contributed by atoms with E-state index in [2.05, 4.69) is 29.9 Å². The summed E-state index contributed by atoms with van der Waals surface area (Å²) in [7, 11) is 0. The molecular weight excluding hydrogens is 545 g/mol. The molecule has 0 amide bonds. The molecule has 37 heavy (non-hydrogen) atoms. The van der Waals surface area contributed by atoms with Crippen LogP contribution >= 0.6 is 0 Å². The second-order valence-electron chi connectivity index (χ2n) is 5.68. The second kappa shape index (κ2) is 15.5. The zero-order valence-corrected chi connectivity index (χ0v) is 19.8. The second-order valence-corrected chi connectivity index (χ2v) is 5.68. The standard InChI is InChI=1S/3C10H8N2.Ru/c3*1-3-7-11-9(5-1)10-6-2-4-8-12-10;/h3*1-8H;/i3*1D,2D,3D,4D,5D,6D,7D,8D;. The van der Waals surface area contributed by atoms with Crippen LogP contribution in [0.15, 0.2) is 146 Å². The molecule has 6 rings (SSSR count). The predicted molar refractivity (Wildman–Crippen MR) is 142 cm³/mol. The van der Waals surface area contributed by atoms with Gasteiger partial charge in [-0.15, -0.1) is 0 Å². The van der Waals surface area contributed by atoms with Gasteiger partial charge in [-0.3, -0.25) is 29.9 Å². The van der Waals surface area contributed by atoms with Gasteiger partial charge in [0, 0.05) is 56.5 Å². The molecule has 7 heteroatoms. The Morgan fingerprint density at radius 2 is 0.459 bits per heavy atom. The molecular formula is C30H24N6Ru. The maximum atomic E-state index is 7.72. The van der Waals surface area contributed by atoms with Crippen molar-refractivity contribution in [1.29, 1.82) is 0 Å². The van der Waals surface area contributed by atoms with Crippen molar-refractivity contribution >= 4 is 0 Å². The van der Waals surface area contributed by atoms with Crippen LogP contribution in [-0.2, 0) is 19.5 Å². The third kappa shape index (κ3) is 8.91. The van der Waals surface area contributed by atoms with Crippen LogP contribution in [0.25, 0.3) is 34.2 Å². The average molecular weight is 594 g/mol. The first-order valence-electron chi connectivity index (χ1n) is 21.4. The van der Waals surface area contributed by atoms with E-state index in [1.807, 2.05) is 0 Å². The molecule has 0 spiro atoms. The summed E-state index contributed by atoms with van der Waals surface area (Å²) in [5.74, 6) is 0. The monoisotopic (exact) mass is 594 g/mol. The van der Waals surface area contributed by atoms with Crippen LogP contribution in [0.2, 0.25) is 0 Å². The minimum atomic E-state index is -0.546. The van der Waals surface area contributed by atoms with Gasteiger partial charge in [-0.25, -0.2) is 0 Å². The van der Waals surface area contributed by atoms with Gasteiger partial charge in [0.15, 0.2) is 0 Å². The van der Waals surface area contributed by atoms with Crippen molar-refractivity contribution in [3.63, 3.8) is 0 Å². The van der Waals surface area contributed by atoms with E-state index in [4.69, 9.17) is 32.9 Å². The van der Waals surface area contributed by atoms with Crippen molar-refractivity contribution in [2.45, 2.75) is 0 Å². The molecule has 6 nitrogen and oxygen atoms in total. The average Bonchev–Trinajstić information content (AvgIpc) is 3.22. The summed E-state index contributed by atoms with van der Waals surface area (Å²) in [6.07, 6.45) is -3.28. The Hall–Kier alpha value is -4.48. The molecule has 0 saturated heterocycles. The van der Waals surface area contributed by atoms with Crippen molar-refractivity contribution < 1.29 is 52.4 Å². The number of aromatic nitrogens is 6. The Bertz CT molecular complexity index is 2260. The fraction of sp³-hybridized carbons (Fsp3) is 0.